The van der Waals surface area contributed by atoms with Crippen LogP contribution in [0.25, 0.3) is 0 Å². The summed E-state index contributed by atoms with van der Waals surface area (Å²) in [5.74, 6) is -1.47. The summed E-state index contributed by atoms with van der Waals surface area (Å²) < 4.78 is 42.3. The first-order valence-electron chi connectivity index (χ1n) is 8.78. The molecule has 150 valence electrons. The van der Waals surface area contributed by atoms with Gasteiger partial charge in [-0.2, -0.15) is 0 Å². The lowest BCUT2D eigenvalue weighted by Gasteiger charge is -2.13. The van der Waals surface area contributed by atoms with Gasteiger partial charge in [0, 0.05) is 0 Å². The Kier molecular flexibility index (Phi) is 6.20. The highest BCUT2D eigenvalue weighted by atomic mass is 35.5. The number of hydrogen-bond acceptors (Lipinski definition) is 3. The van der Waals surface area contributed by atoms with Crippen molar-refractivity contribution < 1.29 is 17.6 Å². The molecule has 29 heavy (non-hydrogen) atoms. The molecule has 0 aliphatic carbocycles. The highest BCUT2D eigenvalue weighted by Crippen LogP contribution is 2.24. The van der Waals surface area contributed by atoms with Crippen LogP contribution in [0.1, 0.15) is 22.8 Å². The zero-order valence-corrected chi connectivity index (χ0v) is 17.0. The Labute approximate surface area is 173 Å². The third-order valence-electron chi connectivity index (χ3n) is 4.26. The van der Waals surface area contributed by atoms with Crippen LogP contribution in [0.15, 0.2) is 71.6 Å². The summed E-state index contributed by atoms with van der Waals surface area (Å²) in [6.45, 7) is 1.91. The third-order valence-corrected chi connectivity index (χ3v) is 5.95. The largest absolute Gasteiger partial charge is 0.319 e. The number of amides is 1. The first-order valence-corrected chi connectivity index (χ1v) is 10.6. The lowest BCUT2D eigenvalue weighted by molar-refractivity contribution is 0.102. The van der Waals surface area contributed by atoms with Crippen molar-refractivity contribution in [2.75, 3.05) is 10.0 Å². The smallest absolute Gasteiger partial charge is 0.262 e. The minimum Gasteiger partial charge on any atom is -0.319 e. The fraction of sp³-hybridized carbons (Fsp3) is 0.0952. The van der Waals surface area contributed by atoms with E-state index in [1.54, 1.807) is 30.3 Å². The minimum absolute atomic E-state index is 0.150. The van der Waals surface area contributed by atoms with E-state index in [0.29, 0.717) is 12.1 Å². The number of rotatable bonds is 6. The van der Waals surface area contributed by atoms with Crippen LogP contribution in [-0.2, 0) is 16.4 Å². The van der Waals surface area contributed by atoms with Gasteiger partial charge in [0.1, 0.15) is 5.82 Å². The first-order chi connectivity index (χ1) is 13.8. The van der Waals surface area contributed by atoms with Gasteiger partial charge in [0.25, 0.3) is 15.9 Å². The second-order valence-electron chi connectivity index (χ2n) is 6.19. The van der Waals surface area contributed by atoms with Gasteiger partial charge < -0.3 is 5.32 Å². The van der Waals surface area contributed by atoms with E-state index in [-0.39, 0.29) is 21.2 Å². The predicted octanol–water partition coefficient (Wildman–Crippen LogP) is 5.09. The molecule has 0 heterocycles. The average molecular weight is 433 g/mol. The van der Waals surface area contributed by atoms with E-state index in [1.807, 2.05) is 19.1 Å². The molecule has 0 saturated carbocycles. The van der Waals surface area contributed by atoms with Crippen LogP contribution in [-0.4, -0.2) is 14.3 Å². The summed E-state index contributed by atoms with van der Waals surface area (Å²) >= 11 is 5.97. The maximum Gasteiger partial charge on any atom is 0.262 e. The zero-order chi connectivity index (χ0) is 21.0. The van der Waals surface area contributed by atoms with Crippen LogP contribution >= 0.6 is 11.6 Å². The van der Waals surface area contributed by atoms with Crippen molar-refractivity contribution in [3.8, 4) is 0 Å². The van der Waals surface area contributed by atoms with Crippen LogP contribution < -0.4 is 10.0 Å². The number of sulfonamides is 1. The van der Waals surface area contributed by atoms with Gasteiger partial charge in [-0.25, -0.2) is 12.8 Å². The number of para-hydroxylation sites is 1. The number of anilines is 2. The molecule has 0 unspecified atom stereocenters. The zero-order valence-electron chi connectivity index (χ0n) is 15.4. The second kappa shape index (κ2) is 8.63. The van der Waals surface area contributed by atoms with Crippen molar-refractivity contribution in [3.63, 3.8) is 0 Å². The van der Waals surface area contributed by atoms with E-state index in [4.69, 9.17) is 11.6 Å². The van der Waals surface area contributed by atoms with Gasteiger partial charge in [-0.05, 0) is 48.4 Å². The van der Waals surface area contributed by atoms with E-state index in [2.05, 4.69) is 10.0 Å². The molecule has 0 aromatic heterocycles. The molecule has 0 spiro atoms. The molecule has 3 rings (SSSR count). The third kappa shape index (κ3) is 4.75. The molecule has 0 saturated heterocycles. The molecule has 0 aliphatic rings. The fourth-order valence-electron chi connectivity index (χ4n) is 2.73. The van der Waals surface area contributed by atoms with E-state index in [0.717, 1.165) is 11.6 Å². The molecule has 0 fully saturated rings. The molecule has 3 aromatic carbocycles. The fourth-order valence-corrected chi connectivity index (χ4v) is 4.07. The van der Waals surface area contributed by atoms with Gasteiger partial charge in [-0.3, -0.25) is 9.52 Å². The molecule has 5 nitrogen and oxygen atoms in total. The van der Waals surface area contributed by atoms with Crippen molar-refractivity contribution in [2.24, 2.45) is 0 Å². The number of carbonyl (C=O) groups is 1. The minimum atomic E-state index is -4.00. The Balaban J connectivity index is 1.83. The molecule has 0 aliphatic heterocycles. The number of carbonyl (C=O) groups excluding carboxylic acids is 1. The molecular weight excluding hydrogens is 415 g/mol. The maximum atomic E-state index is 14.5. The second-order valence-corrected chi connectivity index (χ2v) is 8.28. The molecular formula is C21H18ClFN2O3S. The Bertz CT molecular complexity index is 1170. The number of benzene rings is 3. The van der Waals surface area contributed by atoms with Crippen LogP contribution in [0, 0.1) is 5.82 Å². The lowest BCUT2D eigenvalue weighted by Crippen LogP contribution is -2.16. The first kappa shape index (κ1) is 20.8. The van der Waals surface area contributed by atoms with E-state index >= 15 is 0 Å². The molecule has 0 bridgehead atoms. The van der Waals surface area contributed by atoms with Gasteiger partial charge in [0.2, 0.25) is 0 Å². The SMILES string of the molecule is CCc1ccccc1NS(=O)(=O)c1ccc(NC(=O)c2ccccc2Cl)c(F)c1. The van der Waals surface area contributed by atoms with Crippen LogP contribution in [0.3, 0.4) is 0 Å². The van der Waals surface area contributed by atoms with Crippen molar-refractivity contribution in [1.82, 2.24) is 0 Å². The van der Waals surface area contributed by atoms with Crippen molar-refractivity contribution in [2.45, 2.75) is 18.2 Å². The normalized spacial score (nSPS) is 11.1. The summed E-state index contributed by atoms with van der Waals surface area (Å²) in [6.07, 6.45) is 0.639. The highest BCUT2D eigenvalue weighted by molar-refractivity contribution is 7.92. The number of hydrogen-bond donors (Lipinski definition) is 2. The van der Waals surface area contributed by atoms with Crippen molar-refractivity contribution in [3.05, 3.63) is 88.7 Å². The van der Waals surface area contributed by atoms with Gasteiger partial charge in [0.15, 0.2) is 0 Å². The summed E-state index contributed by atoms with van der Waals surface area (Å²) in [4.78, 5) is 12.0. The lowest BCUT2D eigenvalue weighted by atomic mass is 10.1. The number of nitrogens with one attached hydrogen (secondary N) is 2. The van der Waals surface area contributed by atoms with E-state index < -0.39 is 21.7 Å². The molecule has 0 radical (unpaired) electrons. The van der Waals surface area contributed by atoms with Crippen molar-refractivity contribution in [1.29, 1.82) is 0 Å². The van der Waals surface area contributed by atoms with Gasteiger partial charge in [-0.15, -0.1) is 0 Å². The molecule has 1 amide bonds. The van der Waals surface area contributed by atoms with Gasteiger partial charge in [-0.1, -0.05) is 48.9 Å². The molecule has 8 heteroatoms. The van der Waals surface area contributed by atoms with E-state index in [1.165, 1.54) is 18.2 Å². The molecule has 2 N–H and O–H groups in total. The van der Waals surface area contributed by atoms with Crippen LogP contribution in [0.4, 0.5) is 15.8 Å². The summed E-state index contributed by atoms with van der Waals surface area (Å²) in [6, 6.07) is 16.6. The van der Waals surface area contributed by atoms with Gasteiger partial charge >= 0.3 is 0 Å². The Morgan fingerprint density at radius 2 is 1.69 bits per heavy atom. The number of aryl methyl sites for hydroxylation is 1. The Morgan fingerprint density at radius 1 is 1.00 bits per heavy atom. The molecule has 3 aromatic rings. The topological polar surface area (TPSA) is 75.3 Å². The molecule has 0 atom stereocenters. The summed E-state index contributed by atoms with van der Waals surface area (Å²) in [5, 5.41) is 2.63. The van der Waals surface area contributed by atoms with Gasteiger partial charge in [0.05, 0.1) is 26.9 Å². The standard InChI is InChI=1S/C21H18ClFN2O3S/c1-2-14-7-3-6-10-19(14)25-29(27,28)15-11-12-20(18(23)13-15)24-21(26)16-8-4-5-9-17(16)22/h3-13,25H,2H2,1H3,(H,24,26). The van der Waals surface area contributed by atoms with Crippen molar-refractivity contribution >= 4 is 38.9 Å². The average Bonchev–Trinajstić information content (AvgIpc) is 2.69. The van der Waals surface area contributed by atoms with E-state index in [9.17, 15) is 17.6 Å². The monoisotopic (exact) mass is 432 g/mol. The summed E-state index contributed by atoms with van der Waals surface area (Å²) in [7, 11) is -4.00. The highest BCUT2D eigenvalue weighted by Gasteiger charge is 2.19. The predicted molar refractivity (Wildman–Crippen MR) is 112 cm³/mol. The van der Waals surface area contributed by atoms with Crippen LogP contribution in [0.2, 0.25) is 5.02 Å². The summed E-state index contributed by atoms with van der Waals surface area (Å²) in [5.41, 5.74) is 1.29. The Hall–Kier alpha value is -2.90. The van der Waals surface area contributed by atoms with Crippen LogP contribution in [0.5, 0.6) is 0 Å². The maximum absolute atomic E-state index is 14.5. The Morgan fingerprint density at radius 3 is 2.38 bits per heavy atom. The quantitative estimate of drug-likeness (QED) is 0.569. The number of halogens is 2.